The Hall–Kier alpha value is -2.10. The quantitative estimate of drug-likeness (QED) is 0.768. The number of Topliss-reactive ketones (excluding diaryl/α,β-unsaturated/α-hetero) is 1. The molecule has 82 valence electrons. The average molecular weight is 216 g/mol. The summed E-state index contributed by atoms with van der Waals surface area (Å²) >= 11 is 0. The van der Waals surface area contributed by atoms with Gasteiger partial charge in [0.25, 0.3) is 0 Å². The third kappa shape index (κ3) is 1.69. The van der Waals surface area contributed by atoms with E-state index in [-0.39, 0.29) is 5.78 Å². The Balaban J connectivity index is 2.54. The van der Waals surface area contributed by atoms with Gasteiger partial charge < -0.3 is 10.7 Å². The second-order valence-electron chi connectivity index (χ2n) is 3.63. The molecule has 0 spiro atoms. The average Bonchev–Trinajstić information content (AvgIpc) is 2.70. The number of nitrogens with two attached hydrogens (primary N) is 1. The SMILES string of the molecule is CCC(=O)c1cc2ccc(C(N)=O)cc2[nH]1. The van der Waals surface area contributed by atoms with Crippen molar-refractivity contribution in [3.63, 3.8) is 0 Å². The van der Waals surface area contributed by atoms with Crippen LogP contribution in [-0.4, -0.2) is 16.7 Å². The van der Waals surface area contributed by atoms with E-state index in [4.69, 9.17) is 5.73 Å². The maximum absolute atomic E-state index is 11.5. The van der Waals surface area contributed by atoms with Gasteiger partial charge in [-0.3, -0.25) is 9.59 Å². The molecule has 3 N–H and O–H groups in total. The van der Waals surface area contributed by atoms with Crippen molar-refractivity contribution in [2.75, 3.05) is 0 Å². The van der Waals surface area contributed by atoms with E-state index in [9.17, 15) is 9.59 Å². The summed E-state index contributed by atoms with van der Waals surface area (Å²) in [5.41, 5.74) is 6.94. The monoisotopic (exact) mass is 216 g/mol. The number of carbonyl (C=O) groups excluding carboxylic acids is 2. The van der Waals surface area contributed by atoms with Crippen LogP contribution in [0, 0.1) is 0 Å². The van der Waals surface area contributed by atoms with Crippen LogP contribution < -0.4 is 5.73 Å². The van der Waals surface area contributed by atoms with Crippen LogP contribution in [0.15, 0.2) is 24.3 Å². The third-order valence-corrected chi connectivity index (χ3v) is 2.53. The number of hydrogen-bond acceptors (Lipinski definition) is 2. The van der Waals surface area contributed by atoms with Gasteiger partial charge in [0.2, 0.25) is 5.91 Å². The van der Waals surface area contributed by atoms with Gasteiger partial charge in [-0.2, -0.15) is 0 Å². The largest absolute Gasteiger partial charge is 0.366 e. The zero-order valence-electron chi connectivity index (χ0n) is 8.91. The summed E-state index contributed by atoms with van der Waals surface area (Å²) in [6, 6.07) is 6.87. The van der Waals surface area contributed by atoms with Crippen molar-refractivity contribution in [3.8, 4) is 0 Å². The minimum atomic E-state index is -0.472. The molecule has 0 aliphatic rings. The lowest BCUT2D eigenvalue weighted by Gasteiger charge is -1.94. The number of aromatic nitrogens is 1. The van der Waals surface area contributed by atoms with Gasteiger partial charge in [0.05, 0.1) is 5.69 Å². The first-order chi connectivity index (χ1) is 7.61. The molecule has 0 saturated heterocycles. The van der Waals surface area contributed by atoms with Gasteiger partial charge in [-0.05, 0) is 18.2 Å². The molecule has 1 aromatic carbocycles. The molecule has 1 amide bonds. The van der Waals surface area contributed by atoms with Crippen LogP contribution in [0.2, 0.25) is 0 Å². The summed E-state index contributed by atoms with van der Waals surface area (Å²) in [6.07, 6.45) is 0.454. The van der Waals surface area contributed by atoms with Crippen molar-refractivity contribution in [2.24, 2.45) is 5.73 Å². The van der Waals surface area contributed by atoms with Gasteiger partial charge in [-0.15, -0.1) is 0 Å². The fourth-order valence-electron chi connectivity index (χ4n) is 1.62. The first-order valence-electron chi connectivity index (χ1n) is 5.07. The number of rotatable bonds is 3. The standard InChI is InChI=1S/C12H12N2O2/c1-2-11(15)10-5-7-3-4-8(12(13)16)6-9(7)14-10/h3-6,14H,2H2,1H3,(H2,13,16). The van der Waals surface area contributed by atoms with Crippen molar-refractivity contribution in [1.29, 1.82) is 0 Å². The third-order valence-electron chi connectivity index (χ3n) is 2.53. The lowest BCUT2D eigenvalue weighted by Crippen LogP contribution is -2.10. The number of H-pyrrole nitrogens is 1. The van der Waals surface area contributed by atoms with Crippen LogP contribution in [0.5, 0.6) is 0 Å². The molecule has 1 aromatic heterocycles. The van der Waals surface area contributed by atoms with Gasteiger partial charge >= 0.3 is 0 Å². The van der Waals surface area contributed by atoms with Crippen molar-refractivity contribution in [1.82, 2.24) is 4.98 Å². The summed E-state index contributed by atoms with van der Waals surface area (Å²) in [7, 11) is 0. The summed E-state index contributed by atoms with van der Waals surface area (Å²) in [5.74, 6) is -0.420. The van der Waals surface area contributed by atoms with Crippen molar-refractivity contribution < 1.29 is 9.59 Å². The number of hydrogen-bond donors (Lipinski definition) is 2. The second-order valence-corrected chi connectivity index (χ2v) is 3.63. The van der Waals surface area contributed by atoms with Crippen LogP contribution in [0.1, 0.15) is 34.2 Å². The smallest absolute Gasteiger partial charge is 0.248 e. The molecule has 0 saturated carbocycles. The van der Waals surface area contributed by atoms with Gasteiger partial charge in [-0.25, -0.2) is 0 Å². The maximum Gasteiger partial charge on any atom is 0.248 e. The summed E-state index contributed by atoms with van der Waals surface area (Å²) < 4.78 is 0. The van der Waals surface area contributed by atoms with Gasteiger partial charge in [0, 0.05) is 22.9 Å². The maximum atomic E-state index is 11.5. The van der Waals surface area contributed by atoms with E-state index in [0.29, 0.717) is 17.7 Å². The summed E-state index contributed by atoms with van der Waals surface area (Å²) in [5, 5.41) is 0.904. The van der Waals surface area contributed by atoms with Crippen molar-refractivity contribution in [2.45, 2.75) is 13.3 Å². The molecule has 0 unspecified atom stereocenters. The fraction of sp³-hybridized carbons (Fsp3) is 0.167. The molecule has 0 fully saturated rings. The Morgan fingerprint density at radius 2 is 2.06 bits per heavy atom. The predicted octanol–water partition coefficient (Wildman–Crippen LogP) is 1.86. The molecular formula is C12H12N2O2. The minimum absolute atomic E-state index is 0.0526. The van der Waals surface area contributed by atoms with Gasteiger partial charge in [0.15, 0.2) is 5.78 Å². The fourth-order valence-corrected chi connectivity index (χ4v) is 1.62. The van der Waals surface area contributed by atoms with Crippen LogP contribution in [0.25, 0.3) is 10.9 Å². The van der Waals surface area contributed by atoms with Crippen LogP contribution in [0.3, 0.4) is 0 Å². The van der Waals surface area contributed by atoms with Crippen LogP contribution >= 0.6 is 0 Å². The Morgan fingerprint density at radius 3 is 2.69 bits per heavy atom. The molecule has 0 atom stereocenters. The number of fused-ring (bicyclic) bond motifs is 1. The highest BCUT2D eigenvalue weighted by atomic mass is 16.1. The first-order valence-corrected chi connectivity index (χ1v) is 5.07. The van der Waals surface area contributed by atoms with E-state index in [0.717, 1.165) is 10.9 Å². The van der Waals surface area contributed by atoms with E-state index >= 15 is 0 Å². The van der Waals surface area contributed by atoms with E-state index in [1.807, 2.05) is 6.92 Å². The zero-order valence-corrected chi connectivity index (χ0v) is 8.91. The highest BCUT2D eigenvalue weighted by Crippen LogP contribution is 2.17. The molecule has 4 nitrogen and oxygen atoms in total. The van der Waals surface area contributed by atoms with E-state index in [2.05, 4.69) is 4.98 Å². The Labute approximate surface area is 92.4 Å². The summed E-state index contributed by atoms with van der Waals surface area (Å²) in [6.45, 7) is 1.81. The Kier molecular flexibility index (Phi) is 2.48. The Bertz CT molecular complexity index is 569. The number of carbonyl (C=O) groups is 2. The van der Waals surface area contributed by atoms with Crippen LogP contribution in [-0.2, 0) is 0 Å². The highest BCUT2D eigenvalue weighted by Gasteiger charge is 2.08. The van der Waals surface area contributed by atoms with Gasteiger partial charge in [0.1, 0.15) is 0 Å². The topological polar surface area (TPSA) is 76.0 Å². The van der Waals surface area contributed by atoms with Crippen molar-refractivity contribution in [3.05, 3.63) is 35.5 Å². The molecule has 0 aliphatic carbocycles. The first kappa shape index (κ1) is 10.4. The normalized spacial score (nSPS) is 10.6. The van der Waals surface area contributed by atoms with Gasteiger partial charge in [-0.1, -0.05) is 13.0 Å². The Morgan fingerprint density at radius 1 is 1.31 bits per heavy atom. The lowest BCUT2D eigenvalue weighted by molar-refractivity contribution is 0.0981. The van der Waals surface area contributed by atoms with Crippen LogP contribution in [0.4, 0.5) is 0 Å². The number of ketones is 1. The summed E-state index contributed by atoms with van der Waals surface area (Å²) in [4.78, 5) is 25.4. The lowest BCUT2D eigenvalue weighted by atomic mass is 10.1. The van der Waals surface area contributed by atoms with Crippen molar-refractivity contribution >= 4 is 22.6 Å². The number of benzene rings is 1. The molecular weight excluding hydrogens is 204 g/mol. The zero-order chi connectivity index (χ0) is 11.7. The molecule has 0 bridgehead atoms. The number of amides is 1. The number of nitrogens with one attached hydrogen (secondary N) is 1. The number of primary amides is 1. The molecule has 2 rings (SSSR count). The molecule has 1 heterocycles. The van der Waals surface area contributed by atoms with E-state index in [1.165, 1.54) is 0 Å². The minimum Gasteiger partial charge on any atom is -0.366 e. The molecule has 4 heteroatoms. The van der Waals surface area contributed by atoms with E-state index < -0.39 is 5.91 Å². The van der Waals surface area contributed by atoms with E-state index in [1.54, 1.807) is 24.3 Å². The molecule has 0 radical (unpaired) electrons. The highest BCUT2D eigenvalue weighted by molar-refractivity contribution is 6.01. The molecule has 2 aromatic rings. The predicted molar refractivity (Wildman–Crippen MR) is 61.4 cm³/mol. The second kappa shape index (κ2) is 3.81. The molecule has 0 aliphatic heterocycles. The molecule has 16 heavy (non-hydrogen) atoms. The number of aromatic amines is 1.